The van der Waals surface area contributed by atoms with Crippen molar-refractivity contribution in [2.75, 3.05) is 0 Å². The van der Waals surface area contributed by atoms with Crippen LogP contribution in [-0.2, 0) is 28.6 Å². The van der Waals surface area contributed by atoms with Crippen LogP contribution >= 0.6 is 0 Å². The number of carbonyl (C=O) groups excluding carboxylic acids is 3. The van der Waals surface area contributed by atoms with E-state index in [0.717, 1.165) is 25.7 Å². The largest absolute Gasteiger partial charge is 0.459 e. The lowest BCUT2D eigenvalue weighted by atomic mass is 9.78. The second-order valence-electron chi connectivity index (χ2n) is 9.70. The van der Waals surface area contributed by atoms with Gasteiger partial charge >= 0.3 is 17.9 Å². The smallest absolute Gasteiger partial charge is 0.311 e. The zero-order valence-electron chi connectivity index (χ0n) is 16.7. The number of hydrogen-bond acceptors (Lipinski definition) is 6. The van der Waals surface area contributed by atoms with Crippen molar-refractivity contribution in [2.24, 2.45) is 29.1 Å². The SMILES string of the molecule is CCC(C)(C)C(=O)OC1C2CC3C1OC(=O)C3C2C(=O)OC1(C)CCCC1. The molecule has 1 aliphatic heterocycles. The lowest BCUT2D eigenvalue weighted by Crippen LogP contribution is -2.46. The van der Waals surface area contributed by atoms with Crippen molar-refractivity contribution in [3.8, 4) is 0 Å². The quantitative estimate of drug-likeness (QED) is 0.540. The number of fused-ring (bicyclic) bond motifs is 1. The molecule has 1 saturated heterocycles. The van der Waals surface area contributed by atoms with Crippen molar-refractivity contribution >= 4 is 17.9 Å². The molecule has 6 nitrogen and oxygen atoms in total. The number of rotatable bonds is 5. The number of hydrogen-bond donors (Lipinski definition) is 0. The number of carbonyl (C=O) groups is 3. The summed E-state index contributed by atoms with van der Waals surface area (Å²) in [6, 6.07) is 0. The molecule has 0 spiro atoms. The Morgan fingerprint density at radius 2 is 1.89 bits per heavy atom. The molecular weight excluding hydrogens is 348 g/mol. The molecule has 0 radical (unpaired) electrons. The molecule has 0 amide bonds. The highest BCUT2D eigenvalue weighted by atomic mass is 16.6. The summed E-state index contributed by atoms with van der Waals surface area (Å²) in [7, 11) is 0. The fourth-order valence-corrected chi connectivity index (χ4v) is 5.43. The minimum Gasteiger partial charge on any atom is -0.459 e. The molecule has 0 N–H and O–H groups in total. The van der Waals surface area contributed by atoms with Crippen LogP contribution in [0.4, 0.5) is 0 Å². The van der Waals surface area contributed by atoms with Gasteiger partial charge < -0.3 is 14.2 Å². The van der Waals surface area contributed by atoms with Gasteiger partial charge in [0, 0.05) is 11.8 Å². The molecule has 6 heteroatoms. The van der Waals surface area contributed by atoms with E-state index in [4.69, 9.17) is 14.2 Å². The highest BCUT2D eigenvalue weighted by molar-refractivity contribution is 5.86. The molecule has 3 aliphatic carbocycles. The number of ether oxygens (including phenoxy) is 3. The van der Waals surface area contributed by atoms with Crippen LogP contribution in [0.2, 0.25) is 0 Å². The Labute approximate surface area is 160 Å². The average molecular weight is 378 g/mol. The van der Waals surface area contributed by atoms with Gasteiger partial charge in [-0.1, -0.05) is 6.92 Å². The van der Waals surface area contributed by atoms with Crippen molar-refractivity contribution in [2.45, 2.75) is 84.0 Å². The third-order valence-corrected chi connectivity index (χ3v) is 7.51. The summed E-state index contributed by atoms with van der Waals surface area (Å²) >= 11 is 0. The summed E-state index contributed by atoms with van der Waals surface area (Å²) in [5.41, 5.74) is -1.03. The summed E-state index contributed by atoms with van der Waals surface area (Å²) in [5, 5.41) is 0. The van der Waals surface area contributed by atoms with E-state index in [9.17, 15) is 14.4 Å². The van der Waals surface area contributed by atoms with Crippen LogP contribution in [0.5, 0.6) is 0 Å². The van der Waals surface area contributed by atoms with Gasteiger partial charge in [-0.25, -0.2) is 0 Å². The Morgan fingerprint density at radius 3 is 2.52 bits per heavy atom. The third kappa shape index (κ3) is 2.87. The first-order valence-corrected chi connectivity index (χ1v) is 10.3. The molecule has 4 rings (SSSR count). The Kier molecular flexibility index (Phi) is 4.32. The van der Waals surface area contributed by atoms with Gasteiger partial charge in [-0.3, -0.25) is 14.4 Å². The highest BCUT2D eigenvalue weighted by Gasteiger charge is 2.70. The molecule has 6 atom stereocenters. The van der Waals surface area contributed by atoms with Crippen LogP contribution in [0, 0.1) is 29.1 Å². The second-order valence-corrected chi connectivity index (χ2v) is 9.70. The van der Waals surface area contributed by atoms with Gasteiger partial charge in [0.25, 0.3) is 0 Å². The predicted octanol–water partition coefficient (Wildman–Crippen LogP) is 3.02. The maximum absolute atomic E-state index is 13.0. The first-order valence-electron chi connectivity index (χ1n) is 10.3. The molecule has 150 valence electrons. The molecule has 6 unspecified atom stereocenters. The highest BCUT2D eigenvalue weighted by Crippen LogP contribution is 2.59. The Hall–Kier alpha value is -1.59. The van der Waals surface area contributed by atoms with Gasteiger partial charge in [0.2, 0.25) is 0 Å². The fourth-order valence-electron chi connectivity index (χ4n) is 5.43. The van der Waals surface area contributed by atoms with Crippen molar-refractivity contribution in [1.82, 2.24) is 0 Å². The van der Waals surface area contributed by atoms with E-state index in [0.29, 0.717) is 12.8 Å². The molecule has 2 bridgehead atoms. The van der Waals surface area contributed by atoms with Crippen LogP contribution in [0.1, 0.15) is 66.2 Å². The van der Waals surface area contributed by atoms with Gasteiger partial charge in [-0.15, -0.1) is 0 Å². The second kappa shape index (κ2) is 6.21. The summed E-state index contributed by atoms with van der Waals surface area (Å²) in [4.78, 5) is 38.1. The van der Waals surface area contributed by atoms with Gasteiger partial charge in [-0.05, 0) is 59.3 Å². The normalized spacial score (nSPS) is 38.7. The summed E-state index contributed by atoms with van der Waals surface area (Å²) in [5.74, 6) is -2.17. The van der Waals surface area contributed by atoms with Crippen LogP contribution in [0.25, 0.3) is 0 Å². The van der Waals surface area contributed by atoms with E-state index < -0.39 is 35.1 Å². The Balaban J connectivity index is 1.54. The topological polar surface area (TPSA) is 78.9 Å². The predicted molar refractivity (Wildman–Crippen MR) is 95.4 cm³/mol. The fraction of sp³-hybridized carbons (Fsp3) is 0.857. The van der Waals surface area contributed by atoms with Crippen molar-refractivity contribution in [3.63, 3.8) is 0 Å². The lowest BCUT2D eigenvalue weighted by Gasteiger charge is -2.34. The van der Waals surface area contributed by atoms with Crippen molar-refractivity contribution < 1.29 is 28.6 Å². The van der Waals surface area contributed by atoms with E-state index in [1.807, 2.05) is 27.7 Å². The van der Waals surface area contributed by atoms with Crippen LogP contribution in [0.3, 0.4) is 0 Å². The van der Waals surface area contributed by atoms with Gasteiger partial charge in [-0.2, -0.15) is 0 Å². The Bertz CT molecular complexity index is 662. The van der Waals surface area contributed by atoms with Gasteiger partial charge in [0.15, 0.2) is 0 Å². The monoisotopic (exact) mass is 378 g/mol. The van der Waals surface area contributed by atoms with Crippen molar-refractivity contribution in [3.05, 3.63) is 0 Å². The lowest BCUT2D eigenvalue weighted by molar-refractivity contribution is -0.177. The maximum atomic E-state index is 13.0. The molecular formula is C21H30O6. The average Bonchev–Trinajstić information content (AvgIpc) is 3.32. The van der Waals surface area contributed by atoms with E-state index in [2.05, 4.69) is 0 Å². The third-order valence-electron chi connectivity index (χ3n) is 7.51. The first-order chi connectivity index (χ1) is 12.7. The molecule has 3 saturated carbocycles. The maximum Gasteiger partial charge on any atom is 0.311 e. The summed E-state index contributed by atoms with van der Waals surface area (Å²) in [6.07, 6.45) is 4.23. The van der Waals surface area contributed by atoms with E-state index >= 15 is 0 Å². The standard InChI is InChI=1S/C21H30O6/c1-5-20(2,3)19(24)26-16-12-10-11-13(17(22)25-15(11)16)14(12)18(23)27-21(4)8-6-7-9-21/h11-16H,5-10H2,1-4H3. The Morgan fingerprint density at radius 1 is 1.22 bits per heavy atom. The number of esters is 3. The minimum atomic E-state index is -0.600. The molecule has 4 fully saturated rings. The van der Waals surface area contributed by atoms with Crippen LogP contribution < -0.4 is 0 Å². The molecule has 1 heterocycles. The van der Waals surface area contributed by atoms with Gasteiger partial charge in [0.05, 0.1) is 17.3 Å². The van der Waals surface area contributed by atoms with Crippen LogP contribution in [0.15, 0.2) is 0 Å². The van der Waals surface area contributed by atoms with E-state index in [-0.39, 0.29) is 29.7 Å². The van der Waals surface area contributed by atoms with Gasteiger partial charge in [0.1, 0.15) is 17.8 Å². The molecule has 0 aromatic rings. The minimum absolute atomic E-state index is 0.0426. The molecule has 0 aromatic carbocycles. The van der Waals surface area contributed by atoms with Crippen molar-refractivity contribution in [1.29, 1.82) is 0 Å². The summed E-state index contributed by atoms with van der Waals surface area (Å²) < 4.78 is 17.3. The summed E-state index contributed by atoms with van der Waals surface area (Å²) in [6.45, 7) is 7.61. The van der Waals surface area contributed by atoms with E-state index in [1.165, 1.54) is 0 Å². The molecule has 4 aliphatic rings. The van der Waals surface area contributed by atoms with Crippen LogP contribution in [-0.4, -0.2) is 35.7 Å². The zero-order chi connectivity index (χ0) is 19.6. The zero-order valence-corrected chi connectivity index (χ0v) is 16.7. The molecule has 0 aromatic heterocycles. The first kappa shape index (κ1) is 18.8. The van der Waals surface area contributed by atoms with E-state index in [1.54, 1.807) is 0 Å². The molecule has 27 heavy (non-hydrogen) atoms.